The number of hydrogen-bond donors (Lipinski definition) is 4. The third-order valence-corrected chi connectivity index (χ3v) is 6.69. The van der Waals surface area contributed by atoms with Crippen molar-refractivity contribution in [2.45, 2.75) is 84.0 Å². The Morgan fingerprint density at radius 2 is 1.42 bits per heavy atom. The van der Waals surface area contributed by atoms with Crippen molar-refractivity contribution >= 4 is 25.2 Å². The maximum absolute atomic E-state index is 10.1. The first-order chi connectivity index (χ1) is 15.0. The normalized spacial score (nSPS) is 14.5. The second-order valence-corrected chi connectivity index (χ2v) is 8.90. The van der Waals surface area contributed by atoms with Crippen molar-refractivity contribution < 1.29 is 20.1 Å². The molecule has 4 N–H and O–H groups in total. The summed E-state index contributed by atoms with van der Waals surface area (Å²) in [4.78, 5) is 0. The lowest BCUT2D eigenvalue weighted by atomic mass is 9.72. The van der Waals surface area contributed by atoms with E-state index < -0.39 is 14.2 Å². The van der Waals surface area contributed by atoms with E-state index >= 15 is 0 Å². The summed E-state index contributed by atoms with van der Waals surface area (Å²) < 4.78 is 0. The molecule has 0 spiro atoms. The van der Waals surface area contributed by atoms with Crippen LogP contribution in [0.2, 0.25) is 0 Å². The minimum Gasteiger partial charge on any atom is -0.423 e. The molecular weight excluding hydrogens is 386 g/mol. The van der Waals surface area contributed by atoms with Crippen molar-refractivity contribution in [3.8, 4) is 11.1 Å². The lowest BCUT2D eigenvalue weighted by Crippen LogP contribution is -2.34. The van der Waals surface area contributed by atoms with Gasteiger partial charge in [0, 0.05) is 5.92 Å². The molecular formula is C25H36B2O4. The van der Waals surface area contributed by atoms with Crippen LogP contribution in [-0.4, -0.2) is 34.3 Å². The molecule has 31 heavy (non-hydrogen) atoms. The topological polar surface area (TPSA) is 80.9 Å². The van der Waals surface area contributed by atoms with Gasteiger partial charge in [-0.3, -0.25) is 0 Å². The average Bonchev–Trinajstić information content (AvgIpc) is 3.07. The van der Waals surface area contributed by atoms with Crippen molar-refractivity contribution in [3.05, 3.63) is 47.0 Å². The van der Waals surface area contributed by atoms with Crippen molar-refractivity contribution in [2.75, 3.05) is 0 Å². The van der Waals surface area contributed by atoms with E-state index in [0.29, 0.717) is 10.9 Å². The zero-order valence-corrected chi connectivity index (χ0v) is 19.0. The molecule has 0 saturated heterocycles. The Labute approximate surface area is 187 Å². The highest BCUT2D eigenvalue weighted by Gasteiger charge is 2.34. The summed E-state index contributed by atoms with van der Waals surface area (Å²) in [5.41, 5.74) is 6.85. The summed E-state index contributed by atoms with van der Waals surface area (Å²) in [7, 11) is -2.97. The van der Waals surface area contributed by atoms with E-state index in [-0.39, 0.29) is 5.92 Å². The van der Waals surface area contributed by atoms with E-state index in [1.54, 1.807) is 6.07 Å². The van der Waals surface area contributed by atoms with E-state index in [1.165, 1.54) is 37.7 Å². The molecule has 0 fully saturated rings. The first-order valence-corrected chi connectivity index (χ1v) is 12.0. The number of benzene rings is 2. The fraction of sp³-hybridized carbons (Fsp3) is 0.520. The van der Waals surface area contributed by atoms with E-state index in [2.05, 4.69) is 13.8 Å². The van der Waals surface area contributed by atoms with Crippen molar-refractivity contribution in [1.82, 2.24) is 0 Å². The fourth-order valence-corrected chi connectivity index (χ4v) is 5.07. The average molecular weight is 422 g/mol. The molecule has 0 saturated carbocycles. The predicted octanol–water partition coefficient (Wildman–Crippen LogP) is 3.25. The van der Waals surface area contributed by atoms with E-state index in [4.69, 9.17) is 0 Å². The molecule has 1 unspecified atom stereocenters. The summed E-state index contributed by atoms with van der Waals surface area (Å²) >= 11 is 0. The lowest BCUT2D eigenvalue weighted by Gasteiger charge is -2.21. The molecule has 4 nitrogen and oxygen atoms in total. The van der Waals surface area contributed by atoms with Gasteiger partial charge in [0.25, 0.3) is 0 Å². The summed E-state index contributed by atoms with van der Waals surface area (Å²) in [6, 6.07) is 9.57. The summed E-state index contributed by atoms with van der Waals surface area (Å²) in [5.74, 6) is 0.153. The van der Waals surface area contributed by atoms with Crippen LogP contribution in [0.4, 0.5) is 0 Å². The van der Waals surface area contributed by atoms with E-state index in [0.717, 1.165) is 54.4 Å². The van der Waals surface area contributed by atoms with Crippen molar-refractivity contribution in [2.24, 2.45) is 0 Å². The smallest absolute Gasteiger partial charge is 0.423 e. The molecule has 2 aromatic carbocycles. The Kier molecular flexibility index (Phi) is 8.79. The highest BCUT2D eigenvalue weighted by atomic mass is 16.4. The van der Waals surface area contributed by atoms with Gasteiger partial charge in [0.1, 0.15) is 0 Å². The van der Waals surface area contributed by atoms with Crippen molar-refractivity contribution in [1.29, 1.82) is 0 Å². The van der Waals surface area contributed by atoms with E-state index in [1.807, 2.05) is 24.3 Å². The van der Waals surface area contributed by atoms with Gasteiger partial charge in [0.05, 0.1) is 0 Å². The van der Waals surface area contributed by atoms with Crippen LogP contribution in [0.25, 0.3) is 11.1 Å². The molecule has 1 aliphatic carbocycles. The molecule has 0 aromatic heterocycles. The van der Waals surface area contributed by atoms with E-state index in [9.17, 15) is 20.1 Å². The van der Waals surface area contributed by atoms with Gasteiger partial charge in [-0.2, -0.15) is 0 Å². The summed E-state index contributed by atoms with van der Waals surface area (Å²) in [6.07, 6.45) is 11.0. The fourth-order valence-electron chi connectivity index (χ4n) is 5.07. The maximum atomic E-state index is 10.1. The van der Waals surface area contributed by atoms with Crippen LogP contribution in [0.3, 0.4) is 0 Å². The highest BCUT2D eigenvalue weighted by Crippen LogP contribution is 2.48. The molecule has 3 rings (SSSR count). The Hall–Kier alpha value is -1.59. The van der Waals surface area contributed by atoms with Gasteiger partial charge >= 0.3 is 14.2 Å². The molecule has 0 amide bonds. The van der Waals surface area contributed by atoms with Crippen LogP contribution in [-0.2, 0) is 6.42 Å². The number of rotatable bonds is 12. The molecule has 166 valence electrons. The molecule has 1 aliphatic rings. The summed E-state index contributed by atoms with van der Waals surface area (Å²) in [5, 5.41) is 39.7. The highest BCUT2D eigenvalue weighted by molar-refractivity contribution is 6.59. The maximum Gasteiger partial charge on any atom is 0.488 e. The monoisotopic (exact) mass is 422 g/mol. The van der Waals surface area contributed by atoms with Crippen molar-refractivity contribution in [3.63, 3.8) is 0 Å². The first-order valence-electron chi connectivity index (χ1n) is 12.0. The van der Waals surface area contributed by atoms with Gasteiger partial charge in [0.15, 0.2) is 0 Å². The zero-order valence-electron chi connectivity index (χ0n) is 19.0. The standard InChI is InChI=1S/C25H36B2O4/c1-3-5-7-9-11-20-23-17-18(26(28)29)13-14-19(23)21-15-16-24(27(30)31)22(25(20)21)12-10-8-6-4-2/h13-17,20,28-31H,3-12H2,1-2H3. The molecule has 1 atom stereocenters. The molecule has 0 aliphatic heterocycles. The van der Waals surface area contributed by atoms with Crippen LogP contribution in [0.1, 0.15) is 94.2 Å². The summed E-state index contributed by atoms with van der Waals surface area (Å²) in [6.45, 7) is 4.40. The Morgan fingerprint density at radius 1 is 0.742 bits per heavy atom. The van der Waals surface area contributed by atoms with Gasteiger partial charge in [-0.15, -0.1) is 0 Å². The predicted molar refractivity (Wildman–Crippen MR) is 130 cm³/mol. The lowest BCUT2D eigenvalue weighted by molar-refractivity contribution is 0.424. The van der Waals surface area contributed by atoms with Gasteiger partial charge in [0.2, 0.25) is 0 Å². The van der Waals surface area contributed by atoms with Gasteiger partial charge in [-0.25, -0.2) is 0 Å². The largest absolute Gasteiger partial charge is 0.488 e. The zero-order chi connectivity index (χ0) is 22.4. The minimum atomic E-state index is -1.49. The number of hydrogen-bond acceptors (Lipinski definition) is 4. The second-order valence-electron chi connectivity index (χ2n) is 8.90. The first kappa shape index (κ1) is 24.1. The van der Waals surface area contributed by atoms with Crippen LogP contribution in [0.5, 0.6) is 0 Å². The molecule has 0 heterocycles. The van der Waals surface area contributed by atoms with Crippen LogP contribution in [0, 0.1) is 0 Å². The van der Waals surface area contributed by atoms with Crippen LogP contribution in [0.15, 0.2) is 30.3 Å². The quantitative estimate of drug-likeness (QED) is 0.313. The molecule has 0 bridgehead atoms. The van der Waals surface area contributed by atoms with Gasteiger partial charge < -0.3 is 20.1 Å². The van der Waals surface area contributed by atoms with Gasteiger partial charge in [-0.1, -0.05) is 89.1 Å². The van der Waals surface area contributed by atoms with Crippen LogP contribution < -0.4 is 10.9 Å². The number of unbranched alkanes of at least 4 members (excludes halogenated alkanes) is 6. The molecule has 2 aromatic rings. The second kappa shape index (κ2) is 11.3. The minimum absolute atomic E-state index is 0.153. The SMILES string of the molecule is CCCCCCc1c(B(O)O)ccc2c1C(CCCCCC)c1cc(B(O)O)ccc1-2. The van der Waals surface area contributed by atoms with Gasteiger partial charge in [-0.05, 0) is 58.0 Å². The Balaban J connectivity index is 2.05. The third kappa shape index (κ3) is 5.43. The number of fused-ring (bicyclic) bond motifs is 3. The molecule has 0 radical (unpaired) electrons. The van der Waals surface area contributed by atoms with Crippen LogP contribution >= 0.6 is 0 Å². The Morgan fingerprint density at radius 3 is 2.06 bits per heavy atom. The Bertz CT molecular complexity index is 867. The third-order valence-electron chi connectivity index (χ3n) is 6.69. The molecule has 6 heteroatoms.